The van der Waals surface area contributed by atoms with Gasteiger partial charge < -0.3 is 10.0 Å². The first kappa shape index (κ1) is 11.7. The van der Waals surface area contributed by atoms with Crippen LogP contribution in [0.2, 0.25) is 0 Å². The minimum absolute atomic E-state index is 0.0806. The fraction of sp³-hybridized carbons (Fsp3) is 0.889. The Hall–Kier alpha value is -0.820. The van der Waals surface area contributed by atoms with Gasteiger partial charge in [-0.05, 0) is 25.7 Å². The first-order valence-corrected chi connectivity index (χ1v) is 7.08. The molecule has 7 heteroatoms. The maximum absolute atomic E-state index is 11.0. The first-order chi connectivity index (χ1) is 7.37. The molecule has 2 heterocycles. The zero-order chi connectivity index (χ0) is 11.9. The van der Waals surface area contributed by atoms with Crippen molar-refractivity contribution < 1.29 is 22.5 Å². The third-order valence-electron chi connectivity index (χ3n) is 3.22. The van der Waals surface area contributed by atoms with Crippen molar-refractivity contribution >= 4 is 16.2 Å². The third-order valence-corrected chi connectivity index (χ3v) is 3.84. The molecule has 92 valence electrons. The molecule has 2 bridgehead atoms. The molecule has 2 rings (SSSR count). The molecule has 2 aliphatic heterocycles. The van der Waals surface area contributed by atoms with E-state index in [-0.39, 0.29) is 18.2 Å². The van der Waals surface area contributed by atoms with Crippen LogP contribution in [-0.4, -0.2) is 49.0 Å². The van der Waals surface area contributed by atoms with E-state index in [0.29, 0.717) is 12.8 Å². The van der Waals surface area contributed by atoms with Crippen LogP contribution < -0.4 is 0 Å². The van der Waals surface area contributed by atoms with Crippen LogP contribution in [0.5, 0.6) is 0 Å². The largest absolute Gasteiger partial charge is 0.465 e. The van der Waals surface area contributed by atoms with Crippen molar-refractivity contribution in [1.29, 1.82) is 0 Å². The molecule has 1 amide bonds. The van der Waals surface area contributed by atoms with Gasteiger partial charge in [-0.25, -0.2) is 4.79 Å². The Balaban J connectivity index is 2.05. The van der Waals surface area contributed by atoms with Crippen molar-refractivity contribution in [3.8, 4) is 0 Å². The van der Waals surface area contributed by atoms with Crippen molar-refractivity contribution in [3.63, 3.8) is 0 Å². The molecule has 16 heavy (non-hydrogen) atoms. The Labute approximate surface area is 94.3 Å². The van der Waals surface area contributed by atoms with E-state index in [9.17, 15) is 13.2 Å². The van der Waals surface area contributed by atoms with E-state index in [2.05, 4.69) is 0 Å². The minimum Gasteiger partial charge on any atom is -0.465 e. The van der Waals surface area contributed by atoms with E-state index in [1.165, 1.54) is 4.90 Å². The lowest BCUT2D eigenvalue weighted by atomic mass is 10.0. The molecule has 0 aromatic rings. The monoisotopic (exact) mass is 249 g/mol. The number of hydrogen-bond donors (Lipinski definition) is 1. The second kappa shape index (κ2) is 3.89. The van der Waals surface area contributed by atoms with Crippen LogP contribution in [0.1, 0.15) is 25.7 Å². The Bertz CT molecular complexity index is 379. The predicted octanol–water partition coefficient (Wildman–Crippen LogP) is 0.636. The van der Waals surface area contributed by atoms with Crippen LogP contribution in [0.3, 0.4) is 0 Å². The molecule has 0 aromatic carbocycles. The summed E-state index contributed by atoms with van der Waals surface area (Å²) in [5.41, 5.74) is 0. The molecule has 2 saturated heterocycles. The number of carbonyl (C=O) groups is 1. The number of fused-ring (bicyclic) bond motifs is 2. The highest BCUT2D eigenvalue weighted by molar-refractivity contribution is 7.86. The number of rotatable bonds is 2. The van der Waals surface area contributed by atoms with Crippen LogP contribution in [-0.2, 0) is 14.3 Å². The number of hydrogen-bond acceptors (Lipinski definition) is 4. The number of piperidine rings is 1. The molecule has 0 saturated carbocycles. The SMILES string of the molecule is CS(=O)(=O)O[C@H]1C[C@H]2CC[C@@H](C1)N2C(=O)O. The Morgan fingerprint density at radius 2 is 1.81 bits per heavy atom. The van der Waals surface area contributed by atoms with Crippen LogP contribution in [0.25, 0.3) is 0 Å². The normalized spacial score (nSPS) is 34.1. The van der Waals surface area contributed by atoms with Crippen molar-refractivity contribution in [3.05, 3.63) is 0 Å². The van der Waals surface area contributed by atoms with Gasteiger partial charge in [-0.1, -0.05) is 0 Å². The maximum Gasteiger partial charge on any atom is 0.407 e. The van der Waals surface area contributed by atoms with Gasteiger partial charge in [0.1, 0.15) is 0 Å². The zero-order valence-corrected chi connectivity index (χ0v) is 9.81. The topological polar surface area (TPSA) is 83.9 Å². The fourth-order valence-electron chi connectivity index (χ4n) is 2.77. The first-order valence-electron chi connectivity index (χ1n) is 5.26. The van der Waals surface area contributed by atoms with Gasteiger partial charge in [0.2, 0.25) is 0 Å². The molecule has 0 aromatic heterocycles. The summed E-state index contributed by atoms with van der Waals surface area (Å²) in [5.74, 6) is 0. The van der Waals surface area contributed by atoms with Gasteiger partial charge in [-0.15, -0.1) is 0 Å². The van der Waals surface area contributed by atoms with Crippen molar-refractivity contribution in [2.75, 3.05) is 6.26 Å². The summed E-state index contributed by atoms with van der Waals surface area (Å²) >= 11 is 0. The standard InChI is InChI=1S/C9H15NO5S/c1-16(13,14)15-8-4-6-2-3-7(5-8)10(6)9(11)12/h6-8H,2-5H2,1H3,(H,11,12)/t6-,7+,8+. The van der Waals surface area contributed by atoms with Gasteiger partial charge in [-0.3, -0.25) is 4.18 Å². The third kappa shape index (κ3) is 2.30. The molecule has 2 aliphatic rings. The number of carboxylic acid groups (broad SMARTS) is 1. The number of nitrogens with zero attached hydrogens (tertiary/aromatic N) is 1. The molecular formula is C9H15NO5S. The van der Waals surface area contributed by atoms with Crippen LogP contribution >= 0.6 is 0 Å². The molecule has 2 fully saturated rings. The summed E-state index contributed by atoms with van der Waals surface area (Å²) in [7, 11) is -3.45. The van der Waals surface area contributed by atoms with Crippen molar-refractivity contribution in [2.24, 2.45) is 0 Å². The summed E-state index contributed by atoms with van der Waals surface area (Å²) in [5, 5.41) is 9.00. The van der Waals surface area contributed by atoms with E-state index >= 15 is 0 Å². The van der Waals surface area contributed by atoms with Crippen LogP contribution in [0.4, 0.5) is 4.79 Å². The second-order valence-electron chi connectivity index (χ2n) is 4.47. The van der Waals surface area contributed by atoms with Gasteiger partial charge >= 0.3 is 6.09 Å². The highest BCUT2D eigenvalue weighted by Crippen LogP contribution is 2.37. The minimum atomic E-state index is -3.45. The summed E-state index contributed by atoms with van der Waals surface area (Å²) in [6.45, 7) is 0. The van der Waals surface area contributed by atoms with Gasteiger partial charge in [0.15, 0.2) is 0 Å². The molecule has 1 N–H and O–H groups in total. The molecule has 3 atom stereocenters. The Kier molecular flexibility index (Phi) is 2.83. The lowest BCUT2D eigenvalue weighted by Gasteiger charge is -2.36. The fourth-order valence-corrected chi connectivity index (χ4v) is 3.42. The summed E-state index contributed by atoms with van der Waals surface area (Å²) in [6.07, 6.45) is 2.33. The lowest BCUT2D eigenvalue weighted by molar-refractivity contribution is 0.0530. The van der Waals surface area contributed by atoms with Crippen molar-refractivity contribution in [1.82, 2.24) is 4.90 Å². The van der Waals surface area contributed by atoms with Crippen LogP contribution in [0, 0.1) is 0 Å². The average molecular weight is 249 g/mol. The van der Waals surface area contributed by atoms with Gasteiger partial charge in [-0.2, -0.15) is 8.42 Å². The zero-order valence-electron chi connectivity index (χ0n) is 9.00. The molecule has 0 radical (unpaired) electrons. The summed E-state index contributed by atoms with van der Waals surface area (Å²) in [6, 6.07) is -0.161. The second-order valence-corrected chi connectivity index (χ2v) is 6.07. The highest BCUT2D eigenvalue weighted by atomic mass is 32.2. The molecule has 0 aliphatic carbocycles. The predicted molar refractivity (Wildman–Crippen MR) is 55.6 cm³/mol. The summed E-state index contributed by atoms with van der Waals surface area (Å²) in [4.78, 5) is 12.4. The van der Waals surface area contributed by atoms with E-state index in [1.807, 2.05) is 0 Å². The average Bonchev–Trinajstić information content (AvgIpc) is 2.36. The van der Waals surface area contributed by atoms with Gasteiger partial charge in [0.25, 0.3) is 10.1 Å². The maximum atomic E-state index is 11.0. The molecule has 0 spiro atoms. The quantitative estimate of drug-likeness (QED) is 0.726. The van der Waals surface area contributed by atoms with Gasteiger partial charge in [0.05, 0.1) is 12.4 Å². The lowest BCUT2D eigenvalue weighted by Crippen LogP contribution is -2.48. The van der Waals surface area contributed by atoms with Crippen LogP contribution in [0.15, 0.2) is 0 Å². The van der Waals surface area contributed by atoms with Gasteiger partial charge in [0, 0.05) is 12.1 Å². The smallest absolute Gasteiger partial charge is 0.407 e. The highest BCUT2D eigenvalue weighted by Gasteiger charge is 2.44. The van der Waals surface area contributed by atoms with E-state index < -0.39 is 16.2 Å². The van der Waals surface area contributed by atoms with Crippen molar-refractivity contribution in [2.45, 2.75) is 43.9 Å². The summed E-state index contributed by atoms with van der Waals surface area (Å²) < 4.78 is 26.9. The molecule has 6 nitrogen and oxygen atoms in total. The Morgan fingerprint density at radius 3 is 2.19 bits per heavy atom. The van der Waals surface area contributed by atoms with E-state index in [0.717, 1.165) is 19.1 Å². The molecular weight excluding hydrogens is 234 g/mol. The van der Waals surface area contributed by atoms with E-state index in [4.69, 9.17) is 9.29 Å². The molecule has 0 unspecified atom stereocenters. The van der Waals surface area contributed by atoms with E-state index in [1.54, 1.807) is 0 Å². The Morgan fingerprint density at radius 1 is 1.31 bits per heavy atom. The number of amides is 1.